The van der Waals surface area contributed by atoms with E-state index in [1.54, 1.807) is 0 Å². The maximum atomic E-state index is 12.1. The Morgan fingerprint density at radius 1 is 1.50 bits per heavy atom. The molecule has 2 rings (SSSR count). The van der Waals surface area contributed by atoms with Crippen LogP contribution in [0.1, 0.15) is 10.6 Å². The first-order valence-corrected chi connectivity index (χ1v) is 7.49. The van der Waals surface area contributed by atoms with Gasteiger partial charge in [0.1, 0.15) is 10.0 Å². The molecular formula is C9H5BrClN3O5S. The van der Waals surface area contributed by atoms with Crippen molar-refractivity contribution >= 4 is 49.5 Å². The van der Waals surface area contributed by atoms with Crippen LogP contribution in [0.4, 0.5) is 5.95 Å². The molecule has 0 atom stereocenters. The third-order valence-corrected chi connectivity index (χ3v) is 4.40. The molecule has 0 aliphatic heterocycles. The van der Waals surface area contributed by atoms with Gasteiger partial charge in [-0.25, -0.2) is 27.9 Å². The number of nitrogens with zero attached hydrogens (tertiary/aromatic N) is 2. The van der Waals surface area contributed by atoms with Gasteiger partial charge in [0.05, 0.1) is 0 Å². The molecule has 8 nitrogen and oxygen atoms in total. The average molecular weight is 383 g/mol. The molecule has 0 unspecified atom stereocenters. The SMILES string of the molecule is O=C(O)c1cc(S(=O)(=O)Nc2nccc(Cl)n2)c(Br)o1. The van der Waals surface area contributed by atoms with Crippen molar-refractivity contribution in [2.45, 2.75) is 4.90 Å². The van der Waals surface area contributed by atoms with Gasteiger partial charge in [-0.05, 0) is 22.0 Å². The standard InChI is InChI=1S/C9H5BrClN3O5S/c10-7-5(3-4(19-7)8(15)16)20(17,18)14-9-12-2-1-6(11)13-9/h1-3H,(H,15,16)(H,12,13,14). The fourth-order valence-electron chi connectivity index (χ4n) is 1.20. The van der Waals surface area contributed by atoms with Gasteiger partial charge < -0.3 is 9.52 Å². The summed E-state index contributed by atoms with van der Waals surface area (Å²) in [5, 5.41) is 8.79. The second-order valence-electron chi connectivity index (χ2n) is 3.36. The molecule has 2 aromatic heterocycles. The Kier molecular flexibility index (Phi) is 3.97. The van der Waals surface area contributed by atoms with Crippen LogP contribution in [-0.2, 0) is 10.0 Å². The Morgan fingerprint density at radius 2 is 2.20 bits per heavy atom. The van der Waals surface area contributed by atoms with Crippen LogP contribution in [0.5, 0.6) is 0 Å². The average Bonchev–Trinajstić information content (AvgIpc) is 2.71. The molecular weight excluding hydrogens is 378 g/mol. The summed E-state index contributed by atoms with van der Waals surface area (Å²) in [6, 6.07) is 2.23. The lowest BCUT2D eigenvalue weighted by Gasteiger charge is -2.04. The predicted octanol–water partition coefficient (Wildman–Crippen LogP) is 1.98. The third-order valence-electron chi connectivity index (χ3n) is 2.00. The van der Waals surface area contributed by atoms with Gasteiger partial charge in [0, 0.05) is 12.3 Å². The molecule has 2 aromatic rings. The number of carbonyl (C=O) groups is 1. The smallest absolute Gasteiger partial charge is 0.371 e. The summed E-state index contributed by atoms with van der Waals surface area (Å²) in [6.45, 7) is 0. The second-order valence-corrected chi connectivity index (χ2v) is 6.12. The van der Waals surface area contributed by atoms with Crippen molar-refractivity contribution in [3.63, 3.8) is 0 Å². The normalized spacial score (nSPS) is 11.3. The Labute approximate surface area is 126 Å². The Hall–Kier alpha value is -1.65. The highest BCUT2D eigenvalue weighted by molar-refractivity contribution is 9.10. The van der Waals surface area contributed by atoms with Crippen LogP contribution in [0.2, 0.25) is 5.15 Å². The van der Waals surface area contributed by atoms with E-state index in [0.717, 1.165) is 6.07 Å². The van der Waals surface area contributed by atoms with Gasteiger partial charge in [0.2, 0.25) is 11.7 Å². The number of nitrogens with one attached hydrogen (secondary N) is 1. The van der Waals surface area contributed by atoms with E-state index in [2.05, 4.69) is 30.6 Å². The number of hydrogen-bond acceptors (Lipinski definition) is 6. The van der Waals surface area contributed by atoms with Crippen molar-refractivity contribution in [1.29, 1.82) is 0 Å². The molecule has 0 spiro atoms. The zero-order chi connectivity index (χ0) is 14.9. The van der Waals surface area contributed by atoms with Crippen molar-refractivity contribution in [2.75, 3.05) is 4.72 Å². The molecule has 2 N–H and O–H groups in total. The highest BCUT2D eigenvalue weighted by Gasteiger charge is 2.25. The summed E-state index contributed by atoms with van der Waals surface area (Å²) in [5.41, 5.74) is 0. The van der Waals surface area contributed by atoms with E-state index in [1.165, 1.54) is 12.3 Å². The number of rotatable bonds is 4. The summed E-state index contributed by atoms with van der Waals surface area (Å²) in [5.74, 6) is -2.17. The third kappa shape index (κ3) is 3.08. The van der Waals surface area contributed by atoms with Gasteiger partial charge in [0.15, 0.2) is 4.67 Å². The van der Waals surface area contributed by atoms with Crippen LogP contribution in [0.15, 0.2) is 32.3 Å². The number of anilines is 1. The minimum Gasteiger partial charge on any atom is -0.475 e. The molecule has 106 valence electrons. The monoisotopic (exact) mass is 381 g/mol. The molecule has 0 aliphatic carbocycles. The van der Waals surface area contributed by atoms with E-state index in [9.17, 15) is 13.2 Å². The van der Waals surface area contributed by atoms with E-state index >= 15 is 0 Å². The number of hydrogen-bond donors (Lipinski definition) is 2. The van der Waals surface area contributed by atoms with Crippen LogP contribution >= 0.6 is 27.5 Å². The van der Waals surface area contributed by atoms with Crippen LogP contribution in [0.25, 0.3) is 0 Å². The Morgan fingerprint density at radius 3 is 2.75 bits per heavy atom. The highest BCUT2D eigenvalue weighted by Crippen LogP contribution is 2.27. The number of sulfonamides is 1. The number of aromatic carboxylic acids is 1. The van der Waals surface area contributed by atoms with Crippen LogP contribution in [-0.4, -0.2) is 29.5 Å². The van der Waals surface area contributed by atoms with Crippen LogP contribution < -0.4 is 4.72 Å². The van der Waals surface area contributed by atoms with Gasteiger partial charge >= 0.3 is 5.97 Å². The van der Waals surface area contributed by atoms with E-state index in [4.69, 9.17) is 21.1 Å². The lowest BCUT2D eigenvalue weighted by molar-refractivity contribution is 0.0661. The lowest BCUT2D eigenvalue weighted by atomic mass is 10.5. The zero-order valence-corrected chi connectivity index (χ0v) is 12.5. The Balaban J connectivity index is 2.38. The van der Waals surface area contributed by atoms with E-state index < -0.39 is 26.6 Å². The van der Waals surface area contributed by atoms with Crippen molar-refractivity contribution in [2.24, 2.45) is 0 Å². The fourth-order valence-corrected chi connectivity index (χ4v) is 3.23. The molecule has 0 saturated heterocycles. The lowest BCUT2D eigenvalue weighted by Crippen LogP contribution is -2.14. The zero-order valence-electron chi connectivity index (χ0n) is 9.37. The number of carboxylic acid groups (broad SMARTS) is 1. The quantitative estimate of drug-likeness (QED) is 0.775. The van der Waals surface area contributed by atoms with E-state index in [-0.39, 0.29) is 15.8 Å². The highest BCUT2D eigenvalue weighted by atomic mass is 79.9. The maximum absolute atomic E-state index is 12.1. The van der Waals surface area contributed by atoms with Crippen molar-refractivity contribution in [3.05, 3.63) is 33.9 Å². The molecule has 11 heteroatoms. The van der Waals surface area contributed by atoms with Gasteiger partial charge in [-0.1, -0.05) is 11.6 Å². The number of furan rings is 1. The molecule has 0 bridgehead atoms. The van der Waals surface area contributed by atoms with Crippen molar-refractivity contribution in [3.8, 4) is 0 Å². The van der Waals surface area contributed by atoms with Gasteiger partial charge in [-0.15, -0.1) is 0 Å². The summed E-state index contributed by atoms with van der Waals surface area (Å²) in [6.07, 6.45) is 1.26. The molecule has 0 aromatic carbocycles. The molecule has 20 heavy (non-hydrogen) atoms. The van der Waals surface area contributed by atoms with Crippen molar-refractivity contribution in [1.82, 2.24) is 9.97 Å². The summed E-state index contributed by atoms with van der Waals surface area (Å²) < 4.78 is 30.7. The molecule has 0 amide bonds. The van der Waals surface area contributed by atoms with E-state index in [0.29, 0.717) is 0 Å². The largest absolute Gasteiger partial charge is 0.475 e. The topological polar surface area (TPSA) is 122 Å². The first kappa shape index (κ1) is 14.8. The fraction of sp³-hybridized carbons (Fsp3) is 0. The Bertz CT molecular complexity index is 776. The summed E-state index contributed by atoms with van der Waals surface area (Å²) in [4.78, 5) is 17.7. The van der Waals surface area contributed by atoms with Gasteiger partial charge in [-0.2, -0.15) is 0 Å². The summed E-state index contributed by atoms with van der Waals surface area (Å²) >= 11 is 8.44. The minimum absolute atomic E-state index is 0.0511. The number of aromatic nitrogens is 2. The van der Waals surface area contributed by atoms with Crippen LogP contribution in [0, 0.1) is 0 Å². The first-order valence-electron chi connectivity index (χ1n) is 4.83. The second kappa shape index (κ2) is 5.38. The van der Waals surface area contributed by atoms with Gasteiger partial charge in [0.25, 0.3) is 10.0 Å². The first-order chi connectivity index (χ1) is 9.29. The van der Waals surface area contributed by atoms with Crippen LogP contribution in [0.3, 0.4) is 0 Å². The molecule has 0 saturated carbocycles. The van der Waals surface area contributed by atoms with Crippen molar-refractivity contribution < 1.29 is 22.7 Å². The maximum Gasteiger partial charge on any atom is 0.371 e. The van der Waals surface area contributed by atoms with Gasteiger partial charge in [-0.3, -0.25) is 0 Å². The predicted molar refractivity (Wildman–Crippen MR) is 71.2 cm³/mol. The number of carboxylic acids is 1. The molecule has 2 heterocycles. The number of halogens is 2. The molecule has 0 radical (unpaired) electrons. The summed E-state index contributed by atoms with van der Waals surface area (Å²) in [7, 11) is -4.11. The molecule has 0 aliphatic rings. The molecule has 0 fully saturated rings. The minimum atomic E-state index is -4.11. The van der Waals surface area contributed by atoms with E-state index in [1.807, 2.05) is 0 Å².